The zero-order valence-electron chi connectivity index (χ0n) is 12.3. The molecule has 2 rings (SSSR count). The van der Waals surface area contributed by atoms with Crippen LogP contribution in [0.1, 0.15) is 22.6 Å². The molecule has 2 N–H and O–H groups in total. The summed E-state index contributed by atoms with van der Waals surface area (Å²) in [6.45, 7) is 4.03. The van der Waals surface area contributed by atoms with E-state index in [1.165, 1.54) is 5.56 Å². The number of hydrogen-bond donors (Lipinski definition) is 1. The molecule has 0 fully saturated rings. The van der Waals surface area contributed by atoms with Crippen molar-refractivity contribution in [1.82, 2.24) is 4.90 Å². The van der Waals surface area contributed by atoms with Crippen LogP contribution in [0.4, 0.5) is 0 Å². The minimum absolute atomic E-state index is 0.519. The van der Waals surface area contributed by atoms with E-state index in [4.69, 9.17) is 14.9 Å². The number of furan rings is 1. The SMILES string of the molecule is COc1ccccc1CN(C)Cc1cc(CN)c(C)o1. The van der Waals surface area contributed by atoms with E-state index in [1.807, 2.05) is 31.2 Å². The third-order valence-corrected chi connectivity index (χ3v) is 3.35. The number of ether oxygens (including phenoxy) is 1. The number of nitrogens with two attached hydrogens (primary N) is 1. The van der Waals surface area contributed by atoms with Gasteiger partial charge in [-0.3, -0.25) is 4.90 Å². The van der Waals surface area contributed by atoms with E-state index < -0.39 is 0 Å². The van der Waals surface area contributed by atoms with Gasteiger partial charge in [-0.25, -0.2) is 0 Å². The van der Waals surface area contributed by atoms with E-state index in [1.54, 1.807) is 7.11 Å². The van der Waals surface area contributed by atoms with Crippen LogP contribution in [0, 0.1) is 6.92 Å². The first-order valence-electron chi connectivity index (χ1n) is 6.72. The van der Waals surface area contributed by atoms with Crippen molar-refractivity contribution in [2.24, 2.45) is 5.73 Å². The van der Waals surface area contributed by atoms with Gasteiger partial charge in [0.15, 0.2) is 0 Å². The van der Waals surface area contributed by atoms with E-state index >= 15 is 0 Å². The van der Waals surface area contributed by atoms with Gasteiger partial charge in [0.25, 0.3) is 0 Å². The second kappa shape index (κ2) is 6.59. The Balaban J connectivity index is 2.03. The van der Waals surface area contributed by atoms with Crippen LogP contribution in [0.15, 0.2) is 34.7 Å². The monoisotopic (exact) mass is 274 g/mol. The molecule has 0 atom stereocenters. The van der Waals surface area contributed by atoms with Crippen LogP contribution in [-0.2, 0) is 19.6 Å². The number of methoxy groups -OCH3 is 1. The van der Waals surface area contributed by atoms with Gasteiger partial charge >= 0.3 is 0 Å². The Kier molecular flexibility index (Phi) is 4.82. The van der Waals surface area contributed by atoms with Crippen molar-refractivity contribution >= 4 is 0 Å². The zero-order valence-corrected chi connectivity index (χ0v) is 12.3. The standard InChI is InChI=1S/C16H22N2O2/c1-12-14(9-17)8-15(20-12)11-18(2)10-13-6-4-5-7-16(13)19-3/h4-8H,9-11,17H2,1-3H3. The van der Waals surface area contributed by atoms with Crippen LogP contribution in [0.5, 0.6) is 5.75 Å². The minimum atomic E-state index is 0.519. The minimum Gasteiger partial charge on any atom is -0.496 e. The smallest absolute Gasteiger partial charge is 0.123 e. The van der Waals surface area contributed by atoms with Gasteiger partial charge in [0.2, 0.25) is 0 Å². The fraction of sp³-hybridized carbons (Fsp3) is 0.375. The van der Waals surface area contributed by atoms with Gasteiger partial charge in [0.05, 0.1) is 13.7 Å². The summed E-state index contributed by atoms with van der Waals surface area (Å²) < 4.78 is 11.1. The lowest BCUT2D eigenvalue weighted by Crippen LogP contribution is -2.17. The summed E-state index contributed by atoms with van der Waals surface area (Å²) in [5.74, 6) is 2.77. The molecule has 1 heterocycles. The Morgan fingerprint density at radius 2 is 1.95 bits per heavy atom. The predicted octanol–water partition coefficient (Wildman–Crippen LogP) is 2.69. The second-order valence-corrected chi connectivity index (χ2v) is 4.98. The molecule has 0 saturated carbocycles. The molecular weight excluding hydrogens is 252 g/mol. The Morgan fingerprint density at radius 3 is 2.60 bits per heavy atom. The lowest BCUT2D eigenvalue weighted by Gasteiger charge is -2.17. The summed E-state index contributed by atoms with van der Waals surface area (Å²) in [5.41, 5.74) is 7.91. The molecule has 0 saturated heterocycles. The van der Waals surface area contributed by atoms with Crippen LogP contribution in [0.3, 0.4) is 0 Å². The topological polar surface area (TPSA) is 51.6 Å². The van der Waals surface area contributed by atoms with Crippen LogP contribution < -0.4 is 10.5 Å². The van der Waals surface area contributed by atoms with Crippen LogP contribution in [0.2, 0.25) is 0 Å². The molecule has 2 aromatic rings. The number of hydrogen-bond acceptors (Lipinski definition) is 4. The first-order chi connectivity index (χ1) is 9.63. The molecule has 0 unspecified atom stereocenters. The molecule has 1 aromatic heterocycles. The maximum atomic E-state index is 5.72. The number of rotatable bonds is 6. The summed E-state index contributed by atoms with van der Waals surface area (Å²) in [7, 11) is 3.76. The normalized spacial score (nSPS) is 11.1. The van der Waals surface area contributed by atoms with Gasteiger partial charge in [0.1, 0.15) is 17.3 Å². The van der Waals surface area contributed by atoms with Crippen molar-refractivity contribution in [2.75, 3.05) is 14.2 Å². The van der Waals surface area contributed by atoms with E-state index in [9.17, 15) is 0 Å². The third kappa shape index (κ3) is 3.40. The van der Waals surface area contributed by atoms with E-state index in [0.717, 1.165) is 35.9 Å². The number of aryl methyl sites for hydroxylation is 1. The van der Waals surface area contributed by atoms with Crippen LogP contribution in [-0.4, -0.2) is 19.1 Å². The summed E-state index contributed by atoms with van der Waals surface area (Å²) in [6, 6.07) is 10.1. The van der Waals surface area contributed by atoms with Crippen molar-refractivity contribution < 1.29 is 9.15 Å². The largest absolute Gasteiger partial charge is 0.496 e. The molecule has 20 heavy (non-hydrogen) atoms. The van der Waals surface area contributed by atoms with Gasteiger partial charge in [-0.15, -0.1) is 0 Å². The fourth-order valence-corrected chi connectivity index (χ4v) is 2.31. The van der Waals surface area contributed by atoms with Gasteiger partial charge in [-0.2, -0.15) is 0 Å². The second-order valence-electron chi connectivity index (χ2n) is 4.98. The van der Waals surface area contributed by atoms with Crippen molar-refractivity contribution in [3.63, 3.8) is 0 Å². The maximum absolute atomic E-state index is 5.72. The third-order valence-electron chi connectivity index (χ3n) is 3.35. The lowest BCUT2D eigenvalue weighted by molar-refractivity contribution is 0.280. The van der Waals surface area contributed by atoms with Gasteiger partial charge in [-0.1, -0.05) is 18.2 Å². The molecule has 0 amide bonds. The first-order valence-corrected chi connectivity index (χ1v) is 6.72. The van der Waals surface area contributed by atoms with E-state index in [-0.39, 0.29) is 0 Å². The van der Waals surface area contributed by atoms with Crippen LogP contribution >= 0.6 is 0 Å². The Bertz CT molecular complexity index is 563. The lowest BCUT2D eigenvalue weighted by atomic mass is 10.2. The Labute approximate surface area is 120 Å². The molecule has 0 radical (unpaired) electrons. The van der Waals surface area contributed by atoms with Crippen molar-refractivity contribution in [1.29, 1.82) is 0 Å². The van der Waals surface area contributed by atoms with Gasteiger partial charge in [-0.05, 0) is 26.1 Å². The molecule has 4 heteroatoms. The number of nitrogens with zero attached hydrogens (tertiary/aromatic N) is 1. The molecule has 0 aliphatic rings. The molecule has 1 aromatic carbocycles. The van der Waals surface area contributed by atoms with E-state index in [0.29, 0.717) is 6.54 Å². The highest BCUT2D eigenvalue weighted by Gasteiger charge is 2.10. The summed E-state index contributed by atoms with van der Waals surface area (Å²) in [5, 5.41) is 0. The average molecular weight is 274 g/mol. The molecule has 0 aliphatic heterocycles. The highest BCUT2D eigenvalue weighted by molar-refractivity contribution is 5.33. The average Bonchev–Trinajstić information content (AvgIpc) is 2.79. The highest BCUT2D eigenvalue weighted by atomic mass is 16.5. The summed E-state index contributed by atoms with van der Waals surface area (Å²) >= 11 is 0. The summed E-state index contributed by atoms with van der Waals surface area (Å²) in [4.78, 5) is 2.19. The Morgan fingerprint density at radius 1 is 1.20 bits per heavy atom. The fourth-order valence-electron chi connectivity index (χ4n) is 2.31. The quantitative estimate of drug-likeness (QED) is 0.880. The molecule has 0 aliphatic carbocycles. The molecule has 0 bridgehead atoms. The highest BCUT2D eigenvalue weighted by Crippen LogP contribution is 2.20. The van der Waals surface area contributed by atoms with Crippen LogP contribution in [0.25, 0.3) is 0 Å². The van der Waals surface area contributed by atoms with Gasteiger partial charge < -0.3 is 14.9 Å². The zero-order chi connectivity index (χ0) is 14.5. The molecule has 108 valence electrons. The van der Waals surface area contributed by atoms with Crippen molar-refractivity contribution in [3.8, 4) is 5.75 Å². The number of para-hydroxylation sites is 1. The Hall–Kier alpha value is -1.78. The summed E-state index contributed by atoms with van der Waals surface area (Å²) in [6.07, 6.45) is 0. The molecule has 4 nitrogen and oxygen atoms in total. The first kappa shape index (κ1) is 14.6. The predicted molar refractivity (Wildman–Crippen MR) is 79.5 cm³/mol. The van der Waals surface area contributed by atoms with Crippen molar-refractivity contribution in [2.45, 2.75) is 26.6 Å². The van der Waals surface area contributed by atoms with Crippen molar-refractivity contribution in [3.05, 3.63) is 53.0 Å². The maximum Gasteiger partial charge on any atom is 0.123 e. The number of benzene rings is 1. The van der Waals surface area contributed by atoms with Gasteiger partial charge in [0, 0.05) is 24.2 Å². The molecular formula is C16H22N2O2. The molecule has 0 spiro atoms. The van der Waals surface area contributed by atoms with E-state index in [2.05, 4.69) is 18.0 Å².